The van der Waals surface area contributed by atoms with Crippen LogP contribution in [0.5, 0.6) is 5.75 Å². The molecule has 2 aromatic carbocycles. The Morgan fingerprint density at radius 1 is 1.17 bits per heavy atom. The lowest BCUT2D eigenvalue weighted by atomic mass is 10.0. The number of nitrogens with one attached hydrogen (secondary N) is 1. The fourth-order valence-corrected chi connectivity index (χ4v) is 3.19. The molecule has 1 aliphatic heterocycles. The highest BCUT2D eigenvalue weighted by Crippen LogP contribution is 2.18. The van der Waals surface area contributed by atoms with Gasteiger partial charge in [-0.05, 0) is 43.0 Å². The summed E-state index contributed by atoms with van der Waals surface area (Å²) >= 11 is 0. The van der Waals surface area contributed by atoms with E-state index in [-0.39, 0.29) is 17.7 Å². The Labute approximate surface area is 143 Å². The maximum absolute atomic E-state index is 12.4. The van der Waals surface area contributed by atoms with Gasteiger partial charge in [0, 0.05) is 31.2 Å². The Bertz CT molecular complexity index is 692. The average molecular weight is 324 g/mol. The molecule has 0 bridgehead atoms. The average Bonchev–Trinajstić information content (AvgIpc) is 2.59. The van der Waals surface area contributed by atoms with E-state index in [1.807, 2.05) is 13.0 Å². The van der Waals surface area contributed by atoms with E-state index in [0.717, 1.165) is 38.0 Å². The first-order valence-electron chi connectivity index (χ1n) is 8.48. The van der Waals surface area contributed by atoms with Crippen LogP contribution in [-0.4, -0.2) is 35.0 Å². The van der Waals surface area contributed by atoms with Crippen molar-refractivity contribution < 1.29 is 9.90 Å². The fraction of sp³-hybridized carbons (Fsp3) is 0.350. The second-order valence-corrected chi connectivity index (χ2v) is 6.51. The highest BCUT2D eigenvalue weighted by Gasteiger charge is 2.21. The summed E-state index contributed by atoms with van der Waals surface area (Å²) in [6.07, 6.45) is 1.91. The van der Waals surface area contributed by atoms with Gasteiger partial charge in [-0.15, -0.1) is 0 Å². The maximum atomic E-state index is 12.4. The number of carbonyl (C=O) groups is 1. The minimum Gasteiger partial charge on any atom is -0.508 e. The molecule has 1 fully saturated rings. The fourth-order valence-electron chi connectivity index (χ4n) is 3.19. The van der Waals surface area contributed by atoms with Crippen molar-refractivity contribution in [2.45, 2.75) is 32.4 Å². The smallest absolute Gasteiger partial charge is 0.251 e. The predicted octanol–water partition coefficient (Wildman–Crippen LogP) is 3.10. The van der Waals surface area contributed by atoms with E-state index in [1.165, 1.54) is 11.6 Å². The van der Waals surface area contributed by atoms with Gasteiger partial charge in [0.05, 0.1) is 0 Å². The molecule has 1 aliphatic rings. The second kappa shape index (κ2) is 7.49. The molecule has 0 saturated carbocycles. The highest BCUT2D eigenvalue weighted by molar-refractivity contribution is 5.96. The Hall–Kier alpha value is -2.33. The van der Waals surface area contributed by atoms with E-state index >= 15 is 0 Å². The summed E-state index contributed by atoms with van der Waals surface area (Å²) in [5.74, 6) is 0.0355. The van der Waals surface area contributed by atoms with E-state index in [4.69, 9.17) is 0 Å². The van der Waals surface area contributed by atoms with Crippen LogP contribution >= 0.6 is 0 Å². The van der Waals surface area contributed by atoms with Gasteiger partial charge < -0.3 is 10.4 Å². The Kier molecular flexibility index (Phi) is 5.16. The van der Waals surface area contributed by atoms with Gasteiger partial charge in [0.1, 0.15) is 5.75 Å². The highest BCUT2D eigenvalue weighted by atomic mass is 16.3. The Balaban J connectivity index is 1.52. The number of amides is 1. The number of phenols is 1. The quantitative estimate of drug-likeness (QED) is 0.909. The minimum atomic E-state index is -0.0927. The summed E-state index contributed by atoms with van der Waals surface area (Å²) in [5.41, 5.74) is 2.77. The second-order valence-electron chi connectivity index (χ2n) is 6.51. The van der Waals surface area contributed by atoms with E-state index in [2.05, 4.69) is 34.5 Å². The number of piperidine rings is 1. The molecule has 1 heterocycles. The van der Waals surface area contributed by atoms with Crippen LogP contribution in [0.15, 0.2) is 48.5 Å². The van der Waals surface area contributed by atoms with Crippen molar-refractivity contribution in [2.24, 2.45) is 0 Å². The molecule has 1 saturated heterocycles. The van der Waals surface area contributed by atoms with Crippen LogP contribution < -0.4 is 5.32 Å². The zero-order valence-electron chi connectivity index (χ0n) is 14.0. The van der Waals surface area contributed by atoms with Gasteiger partial charge in [0.2, 0.25) is 0 Å². The van der Waals surface area contributed by atoms with Crippen molar-refractivity contribution in [3.63, 3.8) is 0 Å². The molecule has 2 N–H and O–H groups in total. The summed E-state index contributed by atoms with van der Waals surface area (Å²) in [6, 6.07) is 15.6. The molecule has 4 heteroatoms. The number of phenolic OH excluding ortho intramolecular Hbond substituents is 1. The SMILES string of the molecule is Cc1ccc(O)cc1C(=O)NC1CCN(Cc2ccccc2)CC1. The number of rotatable bonds is 4. The van der Waals surface area contributed by atoms with Crippen molar-refractivity contribution in [1.29, 1.82) is 0 Å². The van der Waals surface area contributed by atoms with Crippen LogP contribution in [0.2, 0.25) is 0 Å². The van der Waals surface area contributed by atoms with Crippen LogP contribution in [0.1, 0.15) is 34.3 Å². The van der Waals surface area contributed by atoms with Gasteiger partial charge in [0.25, 0.3) is 5.91 Å². The van der Waals surface area contributed by atoms with Crippen molar-refractivity contribution in [3.05, 3.63) is 65.2 Å². The van der Waals surface area contributed by atoms with Gasteiger partial charge in [-0.25, -0.2) is 0 Å². The number of hydrogen-bond acceptors (Lipinski definition) is 3. The Morgan fingerprint density at radius 3 is 2.58 bits per heavy atom. The Morgan fingerprint density at radius 2 is 1.88 bits per heavy atom. The molecule has 0 aromatic heterocycles. The predicted molar refractivity (Wildman–Crippen MR) is 95.1 cm³/mol. The number of benzene rings is 2. The first-order valence-corrected chi connectivity index (χ1v) is 8.48. The molecule has 3 rings (SSSR count). The minimum absolute atomic E-state index is 0.0927. The molecule has 4 nitrogen and oxygen atoms in total. The molecule has 0 aliphatic carbocycles. The first kappa shape index (κ1) is 16.5. The number of aryl methyl sites for hydroxylation is 1. The van der Waals surface area contributed by atoms with Crippen LogP contribution in [-0.2, 0) is 6.54 Å². The van der Waals surface area contributed by atoms with Crippen molar-refractivity contribution in [1.82, 2.24) is 10.2 Å². The van der Waals surface area contributed by atoms with E-state index in [9.17, 15) is 9.90 Å². The van der Waals surface area contributed by atoms with Crippen molar-refractivity contribution in [3.8, 4) is 5.75 Å². The third kappa shape index (κ3) is 4.15. The normalized spacial score (nSPS) is 16.0. The van der Waals surface area contributed by atoms with Crippen molar-refractivity contribution >= 4 is 5.91 Å². The molecule has 2 aromatic rings. The lowest BCUT2D eigenvalue weighted by molar-refractivity contribution is 0.0908. The van der Waals surface area contributed by atoms with Crippen LogP contribution in [0.4, 0.5) is 0 Å². The van der Waals surface area contributed by atoms with Gasteiger partial charge >= 0.3 is 0 Å². The molecule has 0 atom stereocenters. The van der Waals surface area contributed by atoms with E-state index in [0.29, 0.717) is 5.56 Å². The first-order chi connectivity index (χ1) is 11.6. The maximum Gasteiger partial charge on any atom is 0.251 e. The standard InChI is InChI=1S/C20H24N2O2/c1-15-7-8-18(23)13-19(15)20(24)21-17-9-11-22(12-10-17)14-16-5-3-2-4-6-16/h2-8,13,17,23H,9-12,14H2,1H3,(H,21,24). The third-order valence-corrected chi connectivity index (χ3v) is 4.64. The molecule has 24 heavy (non-hydrogen) atoms. The molecule has 0 unspecified atom stereocenters. The third-order valence-electron chi connectivity index (χ3n) is 4.64. The van der Waals surface area contributed by atoms with Crippen LogP contribution in [0.25, 0.3) is 0 Å². The van der Waals surface area contributed by atoms with Crippen LogP contribution in [0, 0.1) is 6.92 Å². The lowest BCUT2D eigenvalue weighted by Crippen LogP contribution is -2.44. The molecular formula is C20H24N2O2. The summed E-state index contributed by atoms with van der Waals surface area (Å²) in [7, 11) is 0. The van der Waals surface area contributed by atoms with Gasteiger partial charge in [-0.1, -0.05) is 36.4 Å². The van der Waals surface area contributed by atoms with Crippen molar-refractivity contribution in [2.75, 3.05) is 13.1 Å². The number of likely N-dealkylation sites (tertiary alicyclic amines) is 1. The summed E-state index contributed by atoms with van der Waals surface area (Å²) in [6.45, 7) is 4.82. The molecular weight excluding hydrogens is 300 g/mol. The topological polar surface area (TPSA) is 52.6 Å². The molecule has 126 valence electrons. The zero-order valence-corrected chi connectivity index (χ0v) is 14.0. The largest absolute Gasteiger partial charge is 0.508 e. The monoisotopic (exact) mass is 324 g/mol. The van der Waals surface area contributed by atoms with E-state index < -0.39 is 0 Å². The van der Waals surface area contributed by atoms with Crippen LogP contribution in [0.3, 0.4) is 0 Å². The number of aromatic hydroxyl groups is 1. The lowest BCUT2D eigenvalue weighted by Gasteiger charge is -2.32. The molecule has 0 spiro atoms. The number of nitrogens with zero attached hydrogens (tertiary/aromatic N) is 1. The zero-order chi connectivity index (χ0) is 16.9. The molecule has 0 radical (unpaired) electrons. The van der Waals surface area contributed by atoms with Gasteiger partial charge in [0.15, 0.2) is 0 Å². The summed E-state index contributed by atoms with van der Waals surface area (Å²) in [4.78, 5) is 14.9. The summed E-state index contributed by atoms with van der Waals surface area (Å²) in [5, 5.41) is 12.7. The van der Waals surface area contributed by atoms with Gasteiger partial charge in [-0.2, -0.15) is 0 Å². The summed E-state index contributed by atoms with van der Waals surface area (Å²) < 4.78 is 0. The number of hydrogen-bond donors (Lipinski definition) is 2. The molecule has 1 amide bonds. The van der Waals surface area contributed by atoms with E-state index in [1.54, 1.807) is 12.1 Å². The number of carbonyl (C=O) groups excluding carboxylic acids is 1. The van der Waals surface area contributed by atoms with Gasteiger partial charge in [-0.3, -0.25) is 9.69 Å².